The third-order valence-electron chi connectivity index (χ3n) is 26.4. The van der Waals surface area contributed by atoms with Crippen molar-refractivity contribution in [1.29, 1.82) is 5.26 Å². The zero-order chi connectivity index (χ0) is 92.5. The Hall–Kier alpha value is -18.6. The van der Waals surface area contributed by atoms with Gasteiger partial charge in [-0.15, -0.1) is 0 Å². The van der Waals surface area contributed by atoms with E-state index >= 15 is 0 Å². The fourth-order valence-electron chi connectivity index (χ4n) is 19.9. The van der Waals surface area contributed by atoms with Crippen molar-refractivity contribution in [2.45, 2.75) is 0 Å². The van der Waals surface area contributed by atoms with Gasteiger partial charge in [0.1, 0.15) is 11.6 Å². The van der Waals surface area contributed by atoms with Crippen LogP contribution in [0.2, 0.25) is 0 Å². The summed E-state index contributed by atoms with van der Waals surface area (Å²) in [4.78, 5) is 13.0. The van der Waals surface area contributed by atoms with Crippen LogP contribution in [-0.4, -0.2) is 0 Å². The maximum absolute atomic E-state index is 14.8. The molecular weight excluding hydrogens is 1680 g/mol. The molecule has 0 heterocycles. The highest BCUT2D eigenvalue weighted by molar-refractivity contribution is 6.30. The van der Waals surface area contributed by atoms with Gasteiger partial charge in [-0.25, -0.2) is 13.6 Å². The maximum Gasteiger partial charge on any atom is 0.187 e. The van der Waals surface area contributed by atoms with Crippen LogP contribution < -0.4 is 19.6 Å². The Morgan fingerprint density at radius 2 is 0.377 bits per heavy atom. The minimum absolute atomic E-state index is 0.296. The molecule has 0 bridgehead atoms. The number of benzene rings is 24. The van der Waals surface area contributed by atoms with Gasteiger partial charge in [-0.3, -0.25) is 0 Å². The van der Waals surface area contributed by atoms with Crippen molar-refractivity contribution < 1.29 is 8.78 Å². The van der Waals surface area contributed by atoms with Gasteiger partial charge >= 0.3 is 0 Å². The van der Waals surface area contributed by atoms with E-state index in [2.05, 4.69) is 443 Å². The van der Waals surface area contributed by atoms with Gasteiger partial charge in [0.25, 0.3) is 0 Å². The predicted molar refractivity (Wildman–Crippen MR) is 573 cm³/mol. The van der Waals surface area contributed by atoms with E-state index in [0.29, 0.717) is 11.3 Å². The van der Waals surface area contributed by atoms with Crippen molar-refractivity contribution in [2.24, 2.45) is 0 Å². The summed E-state index contributed by atoms with van der Waals surface area (Å²) in [6.45, 7) is 7.80. The molecule has 24 rings (SSSR count). The molecule has 0 unspecified atom stereocenters. The van der Waals surface area contributed by atoms with E-state index in [1.165, 1.54) is 35.0 Å². The normalized spacial score (nSPS) is 11.2. The van der Waals surface area contributed by atoms with Crippen molar-refractivity contribution in [2.75, 3.05) is 19.6 Å². The summed E-state index contributed by atoms with van der Waals surface area (Å²) in [5, 5.41) is 23.3. The molecule has 0 atom stereocenters. The monoisotopic (exact) mass is 1770 g/mol. The zero-order valence-electron chi connectivity index (χ0n) is 74.9. The van der Waals surface area contributed by atoms with E-state index in [1.807, 2.05) is 72.8 Å². The van der Waals surface area contributed by atoms with E-state index in [1.54, 1.807) is 0 Å². The van der Waals surface area contributed by atoms with Crippen LogP contribution in [0.4, 0.5) is 82.7 Å². The third-order valence-corrected chi connectivity index (χ3v) is 26.4. The number of hydrogen-bond acceptors (Lipinski definition) is 5. The van der Waals surface area contributed by atoms with Gasteiger partial charge < -0.3 is 19.6 Å². The fourth-order valence-corrected chi connectivity index (χ4v) is 19.9. The topological polar surface area (TPSA) is 41.1 Å². The summed E-state index contributed by atoms with van der Waals surface area (Å²) < 4.78 is 29.6. The molecule has 0 radical (unpaired) electrons. The third kappa shape index (κ3) is 16.2. The molecule has 24 aromatic carbocycles. The van der Waals surface area contributed by atoms with Gasteiger partial charge in [-0.05, 0) is 314 Å². The largest absolute Gasteiger partial charge is 0.310 e. The first-order valence-electron chi connectivity index (χ1n) is 46.3. The van der Waals surface area contributed by atoms with Crippen LogP contribution in [0.25, 0.3) is 158 Å². The molecule has 24 aromatic rings. The van der Waals surface area contributed by atoms with E-state index in [0.717, 1.165) is 211 Å². The molecule has 0 fully saturated rings. The molecule has 0 aromatic heterocycles. The van der Waals surface area contributed by atoms with Gasteiger partial charge in [0.05, 0.1) is 41.0 Å². The van der Waals surface area contributed by atoms with Crippen molar-refractivity contribution in [3.05, 3.63) is 538 Å². The number of halogens is 2. The molecule has 0 saturated carbocycles. The highest BCUT2D eigenvalue weighted by Crippen LogP contribution is 2.54. The molecule has 0 aliphatic carbocycles. The van der Waals surface area contributed by atoms with Crippen molar-refractivity contribution in [3.63, 3.8) is 0 Å². The first kappa shape index (κ1) is 83.7. The summed E-state index contributed by atoms with van der Waals surface area (Å²) in [7, 11) is 0. The molecule has 0 N–H and O–H groups in total. The van der Waals surface area contributed by atoms with Crippen LogP contribution in [0.5, 0.6) is 0 Å². The minimum Gasteiger partial charge on any atom is -0.310 e. The molecular formula is C130H84F2N6. The van der Waals surface area contributed by atoms with Crippen LogP contribution in [0.3, 0.4) is 0 Å². The molecule has 648 valence electrons. The van der Waals surface area contributed by atoms with Crippen LogP contribution >= 0.6 is 0 Å². The quantitative estimate of drug-likeness (QED) is 0.0562. The smallest absolute Gasteiger partial charge is 0.187 e. The van der Waals surface area contributed by atoms with E-state index in [4.69, 9.17) is 6.57 Å². The summed E-state index contributed by atoms with van der Waals surface area (Å²) in [6, 6.07) is 178. The number of nitrogens with zero attached hydrogens (tertiary/aromatic N) is 6. The van der Waals surface area contributed by atoms with Crippen LogP contribution in [0, 0.1) is 29.5 Å². The van der Waals surface area contributed by atoms with Gasteiger partial charge in [0.2, 0.25) is 0 Å². The Kier molecular flexibility index (Phi) is 22.2. The van der Waals surface area contributed by atoms with Crippen LogP contribution in [-0.2, 0) is 0 Å². The second kappa shape index (κ2) is 36.5. The molecule has 0 amide bonds. The lowest BCUT2D eigenvalue weighted by Crippen LogP contribution is -2.12. The van der Waals surface area contributed by atoms with Gasteiger partial charge in [0, 0.05) is 67.0 Å². The average molecular weight is 1770 g/mol. The Labute approximate surface area is 800 Å². The second-order valence-corrected chi connectivity index (χ2v) is 34.8. The lowest BCUT2D eigenvalue weighted by atomic mass is 9.91. The highest BCUT2D eigenvalue weighted by Gasteiger charge is 2.28. The Morgan fingerprint density at radius 1 is 0.188 bits per heavy atom. The summed E-state index contributed by atoms with van der Waals surface area (Å²) in [5.74, 6) is -0.592. The lowest BCUT2D eigenvalue weighted by Gasteiger charge is -2.30. The van der Waals surface area contributed by atoms with Crippen molar-refractivity contribution in [1.82, 2.24) is 0 Å². The van der Waals surface area contributed by atoms with Crippen LogP contribution in [0.15, 0.2) is 510 Å². The number of anilines is 12. The predicted octanol–water partition coefficient (Wildman–Crippen LogP) is 37.1. The standard InChI is InChI=1S/C66H42N4.C64H42F2N2/c1-68-56-28-32-58(33-29-56)70(60-42-54(48-18-10-4-11-19-48)39-55(43-60)49-20-12-5-13-21-49)64-37-27-51-24-34-61-63(36-26-50-25-35-62(64)66(51)65(50)61)69(57-30-22-45(44-67)23-31-57)59-40-52(46-14-6-2-7-15-46)38-53(41-59)47-16-8-3-9-17-47;65-53-25-29-55(30-26-53)67(57-39-49(43-13-5-1-6-14-43)37-50(40-57)44-15-7-2-8-16-44)61-35-23-47-22-34-60-62(36-24-48-21-33-59(61)63(47)64(48)60)68(56-31-27-54(66)28-32-56)58-41-51(45-17-9-3-10-18-45)38-52(42-58)46-19-11-4-12-20-46/h2-43H;1-42H. The highest BCUT2D eigenvalue weighted by atomic mass is 19.1. The summed E-state index contributed by atoms with van der Waals surface area (Å²) in [6.07, 6.45) is 0. The van der Waals surface area contributed by atoms with Crippen molar-refractivity contribution in [3.8, 4) is 95.1 Å². The molecule has 8 heteroatoms. The van der Waals surface area contributed by atoms with E-state index in [9.17, 15) is 14.0 Å². The van der Waals surface area contributed by atoms with Crippen LogP contribution in [0.1, 0.15) is 5.56 Å². The van der Waals surface area contributed by atoms with E-state index in [-0.39, 0.29) is 11.6 Å². The summed E-state index contributed by atoms with van der Waals surface area (Å²) >= 11 is 0. The van der Waals surface area contributed by atoms with Crippen molar-refractivity contribution >= 4 is 139 Å². The number of rotatable bonds is 20. The Balaban J connectivity index is 0.000000155. The molecule has 0 spiro atoms. The van der Waals surface area contributed by atoms with Gasteiger partial charge in [-0.2, -0.15) is 5.26 Å². The molecule has 0 aliphatic rings. The average Bonchev–Trinajstić information content (AvgIpc) is 0.720. The minimum atomic E-state index is -0.296. The Morgan fingerprint density at radius 3 is 0.572 bits per heavy atom. The SMILES string of the molecule is Fc1ccc(N(c2cc(-c3ccccc3)cc(-c3ccccc3)c2)c2ccc3ccc4c(N(c5ccc(F)cc5)c5cc(-c6ccccc6)cc(-c6ccccc6)c5)ccc5ccc2c3c54)cc1.[C-]#[N+]c1ccc(N(c2cc(-c3ccccc3)cc(-c3ccccc3)c2)c2ccc3ccc4c(N(c5ccc(C#N)cc5)c5cc(-c6ccccc6)cc(-c6ccccc6)c5)ccc5ccc2c3c54)cc1. The number of hydrogen-bond donors (Lipinski definition) is 0. The Bertz CT molecular complexity index is 7940. The zero-order valence-corrected chi connectivity index (χ0v) is 74.9. The fraction of sp³-hybridized carbons (Fsp3) is 0. The van der Waals surface area contributed by atoms with Gasteiger partial charge in [-0.1, -0.05) is 328 Å². The summed E-state index contributed by atoms with van der Waals surface area (Å²) in [5.41, 5.74) is 30.3. The molecule has 6 nitrogen and oxygen atoms in total. The van der Waals surface area contributed by atoms with E-state index < -0.39 is 0 Å². The number of nitriles is 1. The molecule has 0 saturated heterocycles. The van der Waals surface area contributed by atoms with Gasteiger partial charge in [0.15, 0.2) is 5.69 Å². The molecule has 138 heavy (non-hydrogen) atoms. The maximum atomic E-state index is 14.8. The first-order valence-corrected chi connectivity index (χ1v) is 46.3. The lowest BCUT2D eigenvalue weighted by molar-refractivity contribution is 0.627. The first-order chi connectivity index (χ1) is 68.1. The second-order valence-electron chi connectivity index (χ2n) is 34.8. The molecule has 0 aliphatic heterocycles.